The maximum absolute atomic E-state index is 12.2. The van der Waals surface area contributed by atoms with Crippen LogP contribution in [0.25, 0.3) is 0 Å². The van der Waals surface area contributed by atoms with Crippen molar-refractivity contribution in [3.63, 3.8) is 0 Å². The van der Waals surface area contributed by atoms with E-state index in [0.29, 0.717) is 0 Å². The van der Waals surface area contributed by atoms with Gasteiger partial charge in [0.05, 0.1) is 12.0 Å². The number of rotatable bonds is 2. The molecule has 0 bridgehead atoms. The van der Waals surface area contributed by atoms with E-state index in [1.807, 2.05) is 37.3 Å². The van der Waals surface area contributed by atoms with Crippen molar-refractivity contribution in [3.8, 4) is 0 Å². The molecule has 1 aliphatic rings. The predicted octanol–water partition coefficient (Wildman–Crippen LogP) is 2.28. The van der Waals surface area contributed by atoms with Crippen LogP contribution in [0.3, 0.4) is 0 Å². The van der Waals surface area contributed by atoms with Crippen LogP contribution in [0.2, 0.25) is 0 Å². The summed E-state index contributed by atoms with van der Waals surface area (Å²) in [4.78, 5) is 27.1. The molecule has 0 saturated carbocycles. The van der Waals surface area contributed by atoms with Crippen LogP contribution in [0.5, 0.6) is 0 Å². The molecule has 1 saturated heterocycles. The number of amides is 3. The molecule has 0 aromatic heterocycles. The minimum atomic E-state index is -0.237. The van der Waals surface area contributed by atoms with Gasteiger partial charge in [-0.1, -0.05) is 37.3 Å². The summed E-state index contributed by atoms with van der Waals surface area (Å²) < 4.78 is 0. The molecule has 1 aromatic rings. The van der Waals surface area contributed by atoms with Crippen LogP contribution in [0, 0.1) is 5.92 Å². The fraction of sp³-hybridized carbons (Fsp3) is 0.429. The van der Waals surface area contributed by atoms with Gasteiger partial charge in [0.25, 0.3) is 0 Å². The van der Waals surface area contributed by atoms with Crippen LogP contribution in [0.4, 0.5) is 4.79 Å². The minimum Gasteiger partial charge on any atom is -0.320 e. The summed E-state index contributed by atoms with van der Waals surface area (Å²) in [6.45, 7) is 1.98. The number of carbonyl (C=O) groups excluding carboxylic acids is 2. The average molecular weight is 246 g/mol. The summed E-state index contributed by atoms with van der Waals surface area (Å²) in [5.41, 5.74) is 1.02. The van der Waals surface area contributed by atoms with E-state index in [1.165, 1.54) is 4.90 Å². The highest BCUT2D eigenvalue weighted by Gasteiger charge is 2.42. The van der Waals surface area contributed by atoms with Gasteiger partial charge < -0.3 is 4.90 Å². The molecule has 1 heterocycles. The summed E-state index contributed by atoms with van der Waals surface area (Å²) in [6, 6.07) is 9.34. The smallest absolute Gasteiger partial charge is 0.320 e. The number of hydrogen-bond acceptors (Lipinski definition) is 2. The van der Waals surface area contributed by atoms with E-state index in [0.717, 1.165) is 12.0 Å². The highest BCUT2D eigenvalue weighted by Crippen LogP contribution is 2.35. The molecule has 2 atom stereocenters. The molecular formula is C14H18N2O2. The van der Waals surface area contributed by atoms with E-state index in [1.54, 1.807) is 19.0 Å². The molecule has 1 fully saturated rings. The lowest BCUT2D eigenvalue weighted by Crippen LogP contribution is -2.54. The summed E-state index contributed by atoms with van der Waals surface area (Å²) in [5, 5.41) is 0. The third-order valence-electron chi connectivity index (χ3n) is 3.62. The van der Waals surface area contributed by atoms with E-state index in [4.69, 9.17) is 0 Å². The van der Waals surface area contributed by atoms with Crippen LogP contribution in [-0.4, -0.2) is 35.8 Å². The van der Waals surface area contributed by atoms with Crippen molar-refractivity contribution in [2.24, 2.45) is 5.92 Å². The normalized spacial score (nSPS) is 24.6. The fourth-order valence-corrected chi connectivity index (χ4v) is 2.61. The largest absolute Gasteiger partial charge is 0.326 e. The highest BCUT2D eigenvalue weighted by molar-refractivity contribution is 5.98. The number of imide groups is 1. The lowest BCUT2D eigenvalue weighted by molar-refractivity contribution is -0.137. The Balaban J connectivity index is 2.43. The molecule has 0 spiro atoms. The second-order valence-electron chi connectivity index (χ2n) is 4.66. The minimum absolute atomic E-state index is 0.0885. The SMILES string of the molecule is CCC1C(=O)N(C)C(=O)N(C)C1c1ccccc1. The Kier molecular flexibility index (Phi) is 3.36. The van der Waals surface area contributed by atoms with Gasteiger partial charge in [-0.25, -0.2) is 4.79 Å². The quantitative estimate of drug-likeness (QED) is 0.803. The first kappa shape index (κ1) is 12.6. The number of carbonyl (C=O) groups is 2. The Bertz CT molecular complexity index is 458. The Hall–Kier alpha value is -1.84. The van der Waals surface area contributed by atoms with Gasteiger partial charge in [0.15, 0.2) is 0 Å². The van der Waals surface area contributed by atoms with Crippen molar-refractivity contribution in [1.82, 2.24) is 9.80 Å². The van der Waals surface area contributed by atoms with E-state index >= 15 is 0 Å². The third kappa shape index (κ3) is 1.88. The molecule has 18 heavy (non-hydrogen) atoms. The second-order valence-corrected chi connectivity index (χ2v) is 4.66. The van der Waals surface area contributed by atoms with Crippen LogP contribution in [-0.2, 0) is 4.79 Å². The zero-order valence-corrected chi connectivity index (χ0v) is 11.0. The molecule has 0 aliphatic carbocycles. The first-order chi connectivity index (χ1) is 8.57. The molecule has 4 nitrogen and oxygen atoms in total. The van der Waals surface area contributed by atoms with Crippen molar-refractivity contribution < 1.29 is 9.59 Å². The van der Waals surface area contributed by atoms with Gasteiger partial charge in [-0.3, -0.25) is 9.69 Å². The highest BCUT2D eigenvalue weighted by atomic mass is 16.2. The summed E-state index contributed by atoms with van der Waals surface area (Å²) in [7, 11) is 3.30. The number of benzene rings is 1. The van der Waals surface area contributed by atoms with Gasteiger partial charge in [0, 0.05) is 14.1 Å². The van der Waals surface area contributed by atoms with Gasteiger partial charge in [-0.2, -0.15) is 0 Å². The molecule has 2 unspecified atom stereocenters. The first-order valence-electron chi connectivity index (χ1n) is 6.17. The average Bonchev–Trinajstić information content (AvgIpc) is 2.41. The molecule has 1 aromatic carbocycles. The van der Waals surface area contributed by atoms with Crippen molar-refractivity contribution in [2.45, 2.75) is 19.4 Å². The van der Waals surface area contributed by atoms with E-state index in [2.05, 4.69) is 0 Å². The number of nitrogens with zero attached hydrogens (tertiary/aromatic N) is 2. The Morgan fingerprint density at radius 1 is 1.11 bits per heavy atom. The van der Waals surface area contributed by atoms with Gasteiger partial charge in [-0.05, 0) is 12.0 Å². The Morgan fingerprint density at radius 2 is 1.72 bits per heavy atom. The van der Waals surface area contributed by atoms with Gasteiger partial charge >= 0.3 is 6.03 Å². The summed E-state index contributed by atoms with van der Waals surface area (Å²) >= 11 is 0. The van der Waals surface area contributed by atoms with Crippen LogP contribution in [0.1, 0.15) is 24.9 Å². The van der Waals surface area contributed by atoms with Crippen molar-refractivity contribution in [2.75, 3.05) is 14.1 Å². The van der Waals surface area contributed by atoms with Gasteiger partial charge in [0.2, 0.25) is 5.91 Å². The van der Waals surface area contributed by atoms with Crippen molar-refractivity contribution in [1.29, 1.82) is 0 Å². The zero-order chi connectivity index (χ0) is 13.3. The maximum atomic E-state index is 12.2. The van der Waals surface area contributed by atoms with E-state index in [9.17, 15) is 9.59 Å². The molecular weight excluding hydrogens is 228 g/mol. The monoisotopic (exact) mass is 246 g/mol. The molecule has 4 heteroatoms. The topological polar surface area (TPSA) is 40.6 Å². The molecule has 2 rings (SSSR count). The predicted molar refractivity (Wildman–Crippen MR) is 68.9 cm³/mol. The molecule has 0 radical (unpaired) electrons. The molecule has 1 aliphatic heterocycles. The van der Waals surface area contributed by atoms with Gasteiger partial charge in [0.1, 0.15) is 0 Å². The second kappa shape index (κ2) is 4.80. The maximum Gasteiger partial charge on any atom is 0.326 e. The van der Waals surface area contributed by atoms with Crippen molar-refractivity contribution >= 4 is 11.9 Å². The fourth-order valence-electron chi connectivity index (χ4n) is 2.61. The standard InChI is InChI=1S/C14H18N2O2/c1-4-11-12(10-8-6-5-7-9-10)15(2)14(18)16(3)13(11)17/h5-9,11-12H,4H2,1-3H3. The molecule has 96 valence electrons. The van der Waals surface area contributed by atoms with Gasteiger partial charge in [-0.15, -0.1) is 0 Å². The third-order valence-corrected chi connectivity index (χ3v) is 3.62. The Morgan fingerprint density at radius 3 is 2.28 bits per heavy atom. The summed E-state index contributed by atoms with van der Waals surface area (Å²) in [6.07, 6.45) is 0.723. The first-order valence-corrected chi connectivity index (χ1v) is 6.17. The molecule has 3 amide bonds. The van der Waals surface area contributed by atoms with Crippen molar-refractivity contribution in [3.05, 3.63) is 35.9 Å². The number of hydrogen-bond donors (Lipinski definition) is 0. The van der Waals surface area contributed by atoms with E-state index < -0.39 is 0 Å². The Labute approximate surface area is 107 Å². The number of urea groups is 1. The lowest BCUT2D eigenvalue weighted by Gasteiger charge is -2.41. The van der Waals surface area contributed by atoms with Crippen LogP contribution < -0.4 is 0 Å². The van der Waals surface area contributed by atoms with E-state index in [-0.39, 0.29) is 23.9 Å². The van der Waals surface area contributed by atoms with Crippen LogP contribution in [0.15, 0.2) is 30.3 Å². The zero-order valence-electron chi connectivity index (χ0n) is 11.0. The van der Waals surface area contributed by atoms with Crippen LogP contribution >= 0.6 is 0 Å². The summed E-state index contributed by atoms with van der Waals surface area (Å²) in [5.74, 6) is -0.255. The molecule has 0 N–H and O–H groups in total. The lowest BCUT2D eigenvalue weighted by atomic mass is 9.87.